The minimum atomic E-state index is -2.62. The number of ether oxygens (including phenoxy) is 1. The molecule has 0 radical (unpaired) electrons. The molecule has 0 aromatic heterocycles. The normalized spacial score (nSPS) is 10.8. The van der Waals surface area contributed by atoms with Crippen molar-refractivity contribution >= 4 is 74.5 Å². The second-order valence-electron chi connectivity index (χ2n) is 3.69. The minimum absolute atomic E-state index is 0.123. The van der Waals surface area contributed by atoms with Crippen LogP contribution in [0.5, 0.6) is 0 Å². The zero-order chi connectivity index (χ0) is 17.1. The molecule has 0 heterocycles. The molecule has 0 N–H and O–H groups in total. The maximum absolute atomic E-state index is 13.6. The Labute approximate surface area is 147 Å². The summed E-state index contributed by atoms with van der Waals surface area (Å²) in [6.45, 7) is 0. The number of alkyl halides is 3. The standard InChI is InChI=1S/C11H7BrCl3FN2O4/c1-22-8(19)6-2-4-7(5-3-6)17(12)10(21)18(16)9(20)11(13,14)15/h2-5H,1H3. The van der Waals surface area contributed by atoms with Crippen LogP contribution in [0.15, 0.2) is 24.3 Å². The number of methoxy groups -OCH3 is 1. The highest BCUT2D eigenvalue weighted by molar-refractivity contribution is 9.10. The molecule has 22 heavy (non-hydrogen) atoms. The number of urea groups is 1. The summed E-state index contributed by atoms with van der Waals surface area (Å²) in [5, 5.41) is -0.851. The third-order valence-electron chi connectivity index (χ3n) is 2.27. The first kappa shape index (κ1) is 19.0. The van der Waals surface area contributed by atoms with Crippen LogP contribution >= 0.6 is 51.0 Å². The first-order valence-electron chi connectivity index (χ1n) is 5.35. The Morgan fingerprint density at radius 2 is 1.68 bits per heavy atom. The second kappa shape index (κ2) is 7.45. The lowest BCUT2D eigenvalue weighted by molar-refractivity contribution is -0.138. The Morgan fingerprint density at radius 1 is 1.18 bits per heavy atom. The lowest BCUT2D eigenvalue weighted by atomic mass is 10.2. The summed E-state index contributed by atoms with van der Waals surface area (Å²) in [5.41, 5.74) is 0.339. The Balaban J connectivity index is 2.91. The monoisotopic (exact) mass is 434 g/mol. The zero-order valence-electron chi connectivity index (χ0n) is 10.7. The number of esters is 1. The molecular formula is C11H7BrCl3FN2O4. The van der Waals surface area contributed by atoms with Crippen molar-refractivity contribution in [1.29, 1.82) is 0 Å². The van der Waals surface area contributed by atoms with Gasteiger partial charge in [0.1, 0.15) is 0 Å². The molecule has 0 aliphatic rings. The number of halogens is 5. The highest BCUT2D eigenvalue weighted by Gasteiger charge is 2.40. The molecule has 6 nitrogen and oxygen atoms in total. The number of anilines is 1. The summed E-state index contributed by atoms with van der Waals surface area (Å²) in [6.07, 6.45) is 0. The van der Waals surface area contributed by atoms with E-state index in [4.69, 9.17) is 34.8 Å². The zero-order valence-corrected chi connectivity index (χ0v) is 14.6. The number of amides is 3. The molecule has 0 unspecified atom stereocenters. The van der Waals surface area contributed by atoms with Gasteiger partial charge in [0.05, 0.1) is 34.5 Å². The minimum Gasteiger partial charge on any atom is -0.465 e. The van der Waals surface area contributed by atoms with E-state index >= 15 is 0 Å². The molecule has 1 aromatic rings. The van der Waals surface area contributed by atoms with Gasteiger partial charge in [0, 0.05) is 0 Å². The van der Waals surface area contributed by atoms with Crippen molar-refractivity contribution < 1.29 is 23.6 Å². The summed E-state index contributed by atoms with van der Waals surface area (Å²) < 4.78 is 16.1. The van der Waals surface area contributed by atoms with Gasteiger partial charge in [0.25, 0.3) is 3.79 Å². The molecule has 120 valence electrons. The maximum atomic E-state index is 13.6. The van der Waals surface area contributed by atoms with E-state index in [1.807, 2.05) is 0 Å². The molecular weight excluding hydrogens is 429 g/mol. The van der Waals surface area contributed by atoms with Crippen molar-refractivity contribution in [3.63, 3.8) is 0 Å². The van der Waals surface area contributed by atoms with Gasteiger partial charge < -0.3 is 4.74 Å². The van der Waals surface area contributed by atoms with Gasteiger partial charge in [0.15, 0.2) is 0 Å². The van der Waals surface area contributed by atoms with Gasteiger partial charge in [0.2, 0.25) is 0 Å². The van der Waals surface area contributed by atoms with Crippen molar-refractivity contribution in [3.05, 3.63) is 29.8 Å². The summed E-state index contributed by atoms with van der Waals surface area (Å²) in [5.74, 6) is -2.25. The van der Waals surface area contributed by atoms with Gasteiger partial charge in [-0.15, -0.1) is 0 Å². The molecule has 0 atom stereocenters. The van der Waals surface area contributed by atoms with Crippen molar-refractivity contribution in [2.75, 3.05) is 11.0 Å². The fourth-order valence-corrected chi connectivity index (χ4v) is 1.83. The topological polar surface area (TPSA) is 66.9 Å². The van der Waals surface area contributed by atoms with Crippen molar-refractivity contribution in [2.24, 2.45) is 0 Å². The fraction of sp³-hybridized carbons (Fsp3) is 0.182. The van der Waals surface area contributed by atoms with E-state index in [-0.39, 0.29) is 11.3 Å². The number of hydrogen-bond acceptors (Lipinski definition) is 4. The van der Waals surface area contributed by atoms with Crippen molar-refractivity contribution in [2.45, 2.75) is 3.79 Å². The van der Waals surface area contributed by atoms with Gasteiger partial charge in [-0.3, -0.25) is 4.79 Å². The number of carbonyl (C=O) groups is 3. The van der Waals surface area contributed by atoms with Crippen LogP contribution in [0.25, 0.3) is 0 Å². The van der Waals surface area contributed by atoms with Crippen molar-refractivity contribution in [1.82, 2.24) is 5.12 Å². The van der Waals surface area contributed by atoms with E-state index in [2.05, 4.69) is 20.9 Å². The number of hydrogen-bond donors (Lipinski definition) is 0. The van der Waals surface area contributed by atoms with E-state index in [0.717, 1.165) is 0 Å². The first-order chi connectivity index (χ1) is 10.1. The predicted molar refractivity (Wildman–Crippen MR) is 82.8 cm³/mol. The van der Waals surface area contributed by atoms with Crippen LogP contribution in [0, 0.1) is 0 Å². The molecule has 1 aromatic carbocycles. The largest absolute Gasteiger partial charge is 0.465 e. The number of benzene rings is 1. The maximum Gasteiger partial charge on any atom is 0.370 e. The fourth-order valence-electron chi connectivity index (χ4n) is 1.23. The smallest absolute Gasteiger partial charge is 0.370 e. The predicted octanol–water partition coefficient (Wildman–Crippen LogP) is 3.79. The van der Waals surface area contributed by atoms with Crippen LogP contribution in [-0.2, 0) is 9.53 Å². The van der Waals surface area contributed by atoms with E-state index in [1.54, 1.807) is 0 Å². The van der Waals surface area contributed by atoms with E-state index in [9.17, 15) is 18.9 Å². The molecule has 3 amide bonds. The SMILES string of the molecule is COC(=O)c1ccc(N(Br)C(=O)N(F)C(=O)C(Cl)(Cl)Cl)cc1. The van der Waals surface area contributed by atoms with Crippen LogP contribution in [-0.4, -0.2) is 33.9 Å². The summed E-state index contributed by atoms with van der Waals surface area (Å²) in [6, 6.07) is 3.85. The Hall–Kier alpha value is -1.09. The number of nitrogens with zero attached hydrogens (tertiary/aromatic N) is 2. The molecule has 0 spiro atoms. The molecule has 0 fully saturated rings. The van der Waals surface area contributed by atoms with Gasteiger partial charge in [-0.1, -0.05) is 44.4 Å². The van der Waals surface area contributed by atoms with E-state index in [0.29, 0.717) is 3.93 Å². The summed E-state index contributed by atoms with van der Waals surface area (Å²) in [4.78, 5) is 34.4. The number of imide groups is 1. The van der Waals surface area contributed by atoms with Gasteiger partial charge in [-0.05, 0) is 24.3 Å². The molecule has 0 aliphatic heterocycles. The molecule has 0 saturated carbocycles. The highest BCUT2D eigenvalue weighted by Crippen LogP contribution is 2.30. The first-order valence-corrected chi connectivity index (χ1v) is 7.19. The molecule has 0 saturated heterocycles. The lowest BCUT2D eigenvalue weighted by Crippen LogP contribution is -2.42. The number of carbonyl (C=O) groups excluding carboxylic acids is 3. The molecule has 0 aliphatic carbocycles. The Bertz CT molecular complexity index is 594. The summed E-state index contributed by atoms with van der Waals surface area (Å²) in [7, 11) is 1.21. The van der Waals surface area contributed by atoms with Crippen LogP contribution in [0.1, 0.15) is 10.4 Å². The second-order valence-corrected chi connectivity index (χ2v) is 6.68. The average molecular weight is 436 g/mol. The van der Waals surface area contributed by atoms with Crippen LogP contribution in [0.2, 0.25) is 0 Å². The van der Waals surface area contributed by atoms with Crippen LogP contribution < -0.4 is 3.93 Å². The average Bonchev–Trinajstić information content (AvgIpc) is 2.50. The van der Waals surface area contributed by atoms with Crippen LogP contribution in [0.3, 0.4) is 0 Å². The summed E-state index contributed by atoms with van der Waals surface area (Å²) >= 11 is 18.4. The third-order valence-corrected chi connectivity index (χ3v) is 3.47. The quantitative estimate of drug-likeness (QED) is 0.402. The van der Waals surface area contributed by atoms with Gasteiger partial charge in [-0.25, -0.2) is 13.5 Å². The highest BCUT2D eigenvalue weighted by atomic mass is 79.9. The van der Waals surface area contributed by atoms with E-state index < -0.39 is 26.8 Å². The number of rotatable bonds is 2. The Kier molecular flexibility index (Phi) is 6.42. The van der Waals surface area contributed by atoms with Gasteiger partial charge in [-0.2, -0.15) is 0 Å². The van der Waals surface area contributed by atoms with Crippen molar-refractivity contribution in [3.8, 4) is 0 Å². The molecule has 1 rings (SSSR count). The third kappa shape index (κ3) is 4.45. The van der Waals surface area contributed by atoms with Crippen LogP contribution in [0.4, 0.5) is 15.0 Å². The molecule has 0 bridgehead atoms. The lowest BCUT2D eigenvalue weighted by Gasteiger charge is -2.20. The molecule has 11 heteroatoms. The van der Waals surface area contributed by atoms with E-state index in [1.165, 1.54) is 31.4 Å². The Morgan fingerprint density at radius 3 is 2.09 bits per heavy atom. The van der Waals surface area contributed by atoms with Gasteiger partial charge >= 0.3 is 17.9 Å².